The van der Waals surface area contributed by atoms with Crippen LogP contribution < -0.4 is 10.5 Å². The molecule has 3 N–H and O–H groups in total. The van der Waals surface area contributed by atoms with Crippen LogP contribution in [0.1, 0.15) is 12.8 Å². The van der Waals surface area contributed by atoms with Gasteiger partial charge in [0, 0.05) is 12.7 Å². The lowest BCUT2D eigenvalue weighted by atomic mass is 10.3. The van der Waals surface area contributed by atoms with Gasteiger partial charge in [-0.2, -0.15) is 0 Å². The third-order valence-electron chi connectivity index (χ3n) is 1.84. The minimum atomic E-state index is -0.401. The first-order chi connectivity index (χ1) is 7.15. The molecule has 0 fully saturated rings. The smallest absolute Gasteiger partial charge is 0.156 e. The number of halogens is 2. The van der Waals surface area contributed by atoms with Gasteiger partial charge >= 0.3 is 0 Å². The van der Waals surface area contributed by atoms with Crippen LogP contribution in [-0.2, 0) is 0 Å². The molecule has 1 rings (SSSR count). The van der Waals surface area contributed by atoms with E-state index in [1.807, 2.05) is 0 Å². The Hall–Kier alpha value is -0.810. The Morgan fingerprint density at radius 3 is 2.73 bits per heavy atom. The third-order valence-corrected chi connectivity index (χ3v) is 2.42. The number of unbranched alkanes of at least 4 members (excludes halogenated alkanes) is 1. The van der Waals surface area contributed by atoms with Crippen LogP contribution in [0.4, 0.5) is 10.1 Å². The fourth-order valence-electron chi connectivity index (χ4n) is 1.12. The lowest BCUT2D eigenvalue weighted by Gasteiger charge is -2.10. The second-order valence-electron chi connectivity index (χ2n) is 3.09. The Balaban J connectivity index is 2.60. The number of anilines is 1. The van der Waals surface area contributed by atoms with Crippen LogP contribution in [0.3, 0.4) is 0 Å². The highest BCUT2D eigenvalue weighted by Gasteiger charge is 2.08. The highest BCUT2D eigenvalue weighted by Crippen LogP contribution is 2.32. The van der Waals surface area contributed by atoms with Gasteiger partial charge in [0.05, 0.1) is 16.8 Å². The Bertz CT molecular complexity index is 310. The number of nitrogen functional groups attached to an aromatic ring is 1. The van der Waals surface area contributed by atoms with Crippen molar-refractivity contribution in [3.63, 3.8) is 0 Å². The number of hydrogen-bond donors (Lipinski definition) is 2. The van der Waals surface area contributed by atoms with Crippen molar-refractivity contribution in [2.45, 2.75) is 12.8 Å². The molecule has 3 nitrogen and oxygen atoms in total. The number of nitrogens with two attached hydrogens (primary N) is 1. The maximum absolute atomic E-state index is 12.9. The summed E-state index contributed by atoms with van der Waals surface area (Å²) in [6, 6.07) is 2.52. The highest BCUT2D eigenvalue weighted by atomic mass is 79.9. The van der Waals surface area contributed by atoms with E-state index in [1.165, 1.54) is 12.1 Å². The Morgan fingerprint density at radius 1 is 1.40 bits per heavy atom. The summed E-state index contributed by atoms with van der Waals surface area (Å²) in [7, 11) is 0. The zero-order chi connectivity index (χ0) is 11.3. The summed E-state index contributed by atoms with van der Waals surface area (Å²) < 4.78 is 18.7. The maximum Gasteiger partial charge on any atom is 0.156 e. The third kappa shape index (κ3) is 3.68. The van der Waals surface area contributed by atoms with Crippen molar-refractivity contribution in [2.24, 2.45) is 0 Å². The lowest BCUT2D eigenvalue weighted by molar-refractivity contribution is 0.253. The number of ether oxygens (including phenoxy) is 1. The number of aliphatic hydroxyl groups is 1. The summed E-state index contributed by atoms with van der Waals surface area (Å²) in [5, 5.41) is 8.57. The SMILES string of the molecule is Nc1cc(F)cc(Br)c1OCCCCO. The van der Waals surface area contributed by atoms with Crippen molar-refractivity contribution >= 4 is 21.6 Å². The molecule has 0 aliphatic carbocycles. The van der Waals surface area contributed by atoms with E-state index in [-0.39, 0.29) is 12.3 Å². The maximum atomic E-state index is 12.9. The van der Waals surface area contributed by atoms with Gasteiger partial charge < -0.3 is 15.6 Å². The molecular formula is C10H13BrFNO2. The first kappa shape index (κ1) is 12.3. The number of benzene rings is 1. The molecule has 0 aliphatic rings. The molecule has 0 atom stereocenters. The van der Waals surface area contributed by atoms with Gasteiger partial charge in [0.15, 0.2) is 5.75 Å². The van der Waals surface area contributed by atoms with E-state index in [1.54, 1.807) is 0 Å². The second kappa shape index (κ2) is 5.92. The van der Waals surface area contributed by atoms with E-state index in [4.69, 9.17) is 15.6 Å². The molecule has 1 aromatic carbocycles. The molecule has 0 saturated heterocycles. The topological polar surface area (TPSA) is 55.5 Å². The monoisotopic (exact) mass is 277 g/mol. The van der Waals surface area contributed by atoms with Gasteiger partial charge in [-0.15, -0.1) is 0 Å². The molecule has 0 aliphatic heterocycles. The van der Waals surface area contributed by atoms with Crippen LogP contribution in [-0.4, -0.2) is 18.3 Å². The molecule has 0 heterocycles. The van der Waals surface area contributed by atoms with Gasteiger partial charge in [0.2, 0.25) is 0 Å². The molecule has 1 aromatic rings. The molecule has 0 saturated carbocycles. The molecule has 0 aromatic heterocycles. The fraction of sp³-hybridized carbons (Fsp3) is 0.400. The van der Waals surface area contributed by atoms with Crippen LogP contribution in [0.15, 0.2) is 16.6 Å². The quantitative estimate of drug-likeness (QED) is 0.642. The minimum absolute atomic E-state index is 0.142. The van der Waals surface area contributed by atoms with Crippen molar-refractivity contribution in [2.75, 3.05) is 18.9 Å². The van der Waals surface area contributed by atoms with E-state index in [0.717, 1.165) is 6.42 Å². The van der Waals surface area contributed by atoms with Crippen molar-refractivity contribution in [1.29, 1.82) is 0 Å². The molecule has 0 spiro atoms. The van der Waals surface area contributed by atoms with Crippen LogP contribution in [0, 0.1) is 5.82 Å². The van der Waals surface area contributed by atoms with Crippen LogP contribution in [0.25, 0.3) is 0 Å². The van der Waals surface area contributed by atoms with E-state index < -0.39 is 5.82 Å². The van der Waals surface area contributed by atoms with Crippen molar-refractivity contribution in [1.82, 2.24) is 0 Å². The Morgan fingerprint density at radius 2 is 2.13 bits per heavy atom. The van der Waals surface area contributed by atoms with Crippen LogP contribution in [0.5, 0.6) is 5.75 Å². The van der Waals surface area contributed by atoms with E-state index in [2.05, 4.69) is 15.9 Å². The molecule has 5 heteroatoms. The van der Waals surface area contributed by atoms with Crippen molar-refractivity contribution in [3.05, 3.63) is 22.4 Å². The number of aliphatic hydroxyl groups excluding tert-OH is 1. The molecule has 0 amide bonds. The van der Waals surface area contributed by atoms with Crippen molar-refractivity contribution < 1.29 is 14.2 Å². The summed E-state index contributed by atoms with van der Waals surface area (Å²) >= 11 is 3.17. The van der Waals surface area contributed by atoms with Gasteiger partial charge in [-0.25, -0.2) is 4.39 Å². The summed E-state index contributed by atoms with van der Waals surface area (Å²) in [4.78, 5) is 0. The van der Waals surface area contributed by atoms with Crippen LogP contribution >= 0.6 is 15.9 Å². The zero-order valence-electron chi connectivity index (χ0n) is 8.17. The first-order valence-electron chi connectivity index (χ1n) is 4.63. The van der Waals surface area contributed by atoms with Crippen LogP contribution in [0.2, 0.25) is 0 Å². The zero-order valence-corrected chi connectivity index (χ0v) is 9.76. The number of hydrogen-bond acceptors (Lipinski definition) is 3. The van der Waals surface area contributed by atoms with Gasteiger partial charge in [-0.3, -0.25) is 0 Å². The Labute approximate surface area is 96.2 Å². The molecule has 0 radical (unpaired) electrons. The average molecular weight is 278 g/mol. The van der Waals surface area contributed by atoms with Gasteiger partial charge in [-0.1, -0.05) is 0 Å². The second-order valence-corrected chi connectivity index (χ2v) is 3.94. The summed E-state index contributed by atoms with van der Waals surface area (Å²) in [6.07, 6.45) is 1.42. The normalized spacial score (nSPS) is 10.3. The fourth-order valence-corrected chi connectivity index (χ4v) is 1.68. The lowest BCUT2D eigenvalue weighted by Crippen LogP contribution is -2.02. The van der Waals surface area contributed by atoms with Gasteiger partial charge in [-0.05, 0) is 34.8 Å². The minimum Gasteiger partial charge on any atom is -0.490 e. The predicted octanol–water partition coefficient (Wildman–Crippen LogP) is 2.32. The molecule has 84 valence electrons. The molecule has 0 unspecified atom stereocenters. The van der Waals surface area contributed by atoms with E-state index in [9.17, 15) is 4.39 Å². The standard InChI is InChI=1S/C10H13BrFNO2/c11-8-5-7(12)6-9(13)10(8)15-4-2-1-3-14/h5-6,14H,1-4,13H2. The Kier molecular flexibility index (Phi) is 4.84. The largest absolute Gasteiger partial charge is 0.490 e. The van der Waals surface area contributed by atoms with Crippen molar-refractivity contribution in [3.8, 4) is 5.75 Å². The highest BCUT2D eigenvalue weighted by molar-refractivity contribution is 9.10. The summed E-state index contributed by atoms with van der Waals surface area (Å²) in [5.41, 5.74) is 5.86. The first-order valence-corrected chi connectivity index (χ1v) is 5.42. The summed E-state index contributed by atoms with van der Waals surface area (Å²) in [5.74, 6) is 0.0522. The molecular weight excluding hydrogens is 265 g/mol. The van der Waals surface area contributed by atoms with E-state index >= 15 is 0 Å². The molecule has 15 heavy (non-hydrogen) atoms. The average Bonchev–Trinajstić information content (AvgIpc) is 2.15. The van der Waals surface area contributed by atoms with Gasteiger partial charge in [0.1, 0.15) is 5.82 Å². The molecule has 0 bridgehead atoms. The predicted molar refractivity (Wildman–Crippen MR) is 60.3 cm³/mol. The number of rotatable bonds is 5. The summed E-state index contributed by atoms with van der Waals surface area (Å²) in [6.45, 7) is 0.596. The van der Waals surface area contributed by atoms with Gasteiger partial charge in [0.25, 0.3) is 0 Å². The van der Waals surface area contributed by atoms with E-state index in [0.29, 0.717) is 23.2 Å².